The fraction of sp³-hybridized carbons (Fsp3) is 0.0172. The average molecular weight is 805 g/mol. The van der Waals surface area contributed by atoms with Gasteiger partial charge in [-0.15, -0.1) is 0 Å². The second-order valence-electron chi connectivity index (χ2n) is 16.3. The molecule has 0 atom stereocenters. The lowest BCUT2D eigenvalue weighted by atomic mass is 9.71. The molecule has 12 aromatic rings. The predicted octanol–water partition coefficient (Wildman–Crippen LogP) is 14.2. The molecule has 0 amide bonds. The first kappa shape index (κ1) is 35.4. The summed E-state index contributed by atoms with van der Waals surface area (Å²) in [5, 5.41) is 4.39. The maximum atomic E-state index is 6.43. The molecule has 3 heterocycles. The molecule has 0 bridgehead atoms. The van der Waals surface area contributed by atoms with Crippen LogP contribution in [0.4, 0.5) is 0 Å². The fourth-order valence-electron chi connectivity index (χ4n) is 10.2. The first-order chi connectivity index (χ1) is 31.2. The molecule has 0 N–H and O–H groups in total. The summed E-state index contributed by atoms with van der Waals surface area (Å²) in [5.41, 5.74) is 13.9. The van der Waals surface area contributed by atoms with E-state index in [1.807, 2.05) is 24.3 Å². The van der Waals surface area contributed by atoms with Crippen LogP contribution in [-0.4, -0.2) is 19.5 Å². The maximum Gasteiger partial charge on any atom is 0.164 e. The van der Waals surface area contributed by atoms with E-state index in [2.05, 4.69) is 199 Å². The SMILES string of the molecule is c1ccc(-c2ccc3c(c2)c2ccccc2n3-c2cccc(-c3nc(-c4cccc5oc6ccccc6c45)nc(C4(c5ccccc5)c5ccccc5-c5ccccc54)n3)c2)cc1. The Morgan fingerprint density at radius 1 is 0.381 bits per heavy atom. The standard InChI is InChI=1S/C58H36N4O/c1-3-17-37(18-4-1)38-33-34-51-47(36-38)44-25-9-13-30-50(44)62(51)41-22-15-19-39(35-41)55-59-56(46-27-16-32-53-54(46)45-26-10-14-31-52(45)63-53)61-57(60-55)58(40-20-5-2-6-21-40)48-28-11-7-23-42(48)43-24-8-12-29-49(43)58/h1-36H. The van der Waals surface area contributed by atoms with E-state index >= 15 is 0 Å². The molecule has 5 heteroatoms. The van der Waals surface area contributed by atoms with E-state index in [1.165, 1.54) is 33.0 Å². The van der Waals surface area contributed by atoms with Crippen molar-refractivity contribution in [2.75, 3.05) is 0 Å². The molecule has 5 nitrogen and oxygen atoms in total. The minimum absolute atomic E-state index is 0.583. The summed E-state index contributed by atoms with van der Waals surface area (Å²) in [7, 11) is 0. The van der Waals surface area contributed by atoms with E-state index in [0.717, 1.165) is 66.5 Å². The summed E-state index contributed by atoms with van der Waals surface area (Å²) in [5.74, 6) is 1.83. The van der Waals surface area contributed by atoms with E-state index in [1.54, 1.807) is 0 Å². The van der Waals surface area contributed by atoms with Crippen LogP contribution >= 0.6 is 0 Å². The number of fused-ring (bicyclic) bond motifs is 9. The molecule has 0 saturated heterocycles. The normalized spacial score (nSPS) is 12.9. The third-order valence-corrected chi connectivity index (χ3v) is 12.9. The zero-order valence-corrected chi connectivity index (χ0v) is 34.0. The summed E-state index contributed by atoms with van der Waals surface area (Å²) in [6.07, 6.45) is 0. The van der Waals surface area contributed by atoms with Crippen LogP contribution in [0, 0.1) is 0 Å². The zero-order valence-electron chi connectivity index (χ0n) is 34.0. The number of furan rings is 1. The molecule has 0 saturated carbocycles. The number of nitrogens with zero attached hydrogens (tertiary/aromatic N) is 4. The van der Waals surface area contributed by atoms with Gasteiger partial charge < -0.3 is 8.98 Å². The second kappa shape index (κ2) is 13.8. The van der Waals surface area contributed by atoms with Gasteiger partial charge in [-0.2, -0.15) is 0 Å². The highest BCUT2D eigenvalue weighted by molar-refractivity contribution is 6.12. The van der Waals surface area contributed by atoms with Gasteiger partial charge in [-0.1, -0.05) is 176 Å². The van der Waals surface area contributed by atoms with Crippen LogP contribution in [0.3, 0.4) is 0 Å². The summed E-state index contributed by atoms with van der Waals surface area (Å²) < 4.78 is 8.79. The van der Waals surface area contributed by atoms with Gasteiger partial charge in [0.1, 0.15) is 16.6 Å². The van der Waals surface area contributed by atoms with Crippen molar-refractivity contribution in [1.82, 2.24) is 19.5 Å². The number of rotatable bonds is 6. The molecule has 0 spiro atoms. The topological polar surface area (TPSA) is 56.7 Å². The Hall–Kier alpha value is -8.41. The maximum absolute atomic E-state index is 6.43. The van der Waals surface area contributed by atoms with Crippen molar-refractivity contribution in [2.24, 2.45) is 0 Å². The van der Waals surface area contributed by atoms with Gasteiger partial charge in [0.05, 0.1) is 11.0 Å². The Labute approximate surface area is 363 Å². The van der Waals surface area contributed by atoms with Crippen molar-refractivity contribution < 1.29 is 4.42 Å². The third-order valence-electron chi connectivity index (χ3n) is 12.9. The smallest absolute Gasteiger partial charge is 0.164 e. The van der Waals surface area contributed by atoms with Crippen LogP contribution in [0.15, 0.2) is 223 Å². The average Bonchev–Trinajstić information content (AvgIpc) is 4.01. The lowest BCUT2D eigenvalue weighted by Crippen LogP contribution is -2.31. The molecule has 0 aliphatic heterocycles. The highest BCUT2D eigenvalue weighted by atomic mass is 16.3. The van der Waals surface area contributed by atoms with Crippen molar-refractivity contribution in [3.05, 3.63) is 241 Å². The first-order valence-corrected chi connectivity index (χ1v) is 21.4. The van der Waals surface area contributed by atoms with Crippen LogP contribution < -0.4 is 0 Å². The van der Waals surface area contributed by atoms with Crippen LogP contribution in [0.5, 0.6) is 0 Å². The van der Waals surface area contributed by atoms with E-state index in [0.29, 0.717) is 17.5 Å². The van der Waals surface area contributed by atoms with Gasteiger partial charge in [-0.05, 0) is 81.4 Å². The molecule has 3 aromatic heterocycles. The van der Waals surface area contributed by atoms with Crippen molar-refractivity contribution in [3.8, 4) is 50.7 Å². The highest BCUT2D eigenvalue weighted by Gasteiger charge is 2.48. The number of benzene rings is 9. The molecule has 1 aliphatic rings. The molecule has 0 unspecified atom stereocenters. The largest absolute Gasteiger partial charge is 0.456 e. The monoisotopic (exact) mass is 804 g/mol. The van der Waals surface area contributed by atoms with Gasteiger partial charge >= 0.3 is 0 Å². The lowest BCUT2D eigenvalue weighted by Gasteiger charge is -2.32. The number of hydrogen-bond acceptors (Lipinski definition) is 4. The zero-order chi connectivity index (χ0) is 41.5. The van der Waals surface area contributed by atoms with Crippen molar-refractivity contribution in [1.29, 1.82) is 0 Å². The quantitative estimate of drug-likeness (QED) is 0.168. The number of aromatic nitrogens is 4. The molecular formula is C58H36N4O. The molecule has 13 rings (SSSR count). The van der Waals surface area contributed by atoms with Gasteiger partial charge in [-0.25, -0.2) is 15.0 Å². The second-order valence-corrected chi connectivity index (χ2v) is 16.3. The fourth-order valence-corrected chi connectivity index (χ4v) is 10.2. The molecule has 63 heavy (non-hydrogen) atoms. The predicted molar refractivity (Wildman–Crippen MR) is 255 cm³/mol. The highest BCUT2D eigenvalue weighted by Crippen LogP contribution is 2.55. The van der Waals surface area contributed by atoms with Gasteiger partial charge in [0.25, 0.3) is 0 Å². The van der Waals surface area contributed by atoms with Crippen LogP contribution in [0.2, 0.25) is 0 Å². The van der Waals surface area contributed by atoms with Crippen molar-refractivity contribution in [3.63, 3.8) is 0 Å². The van der Waals surface area contributed by atoms with E-state index in [4.69, 9.17) is 19.4 Å². The van der Waals surface area contributed by atoms with Crippen LogP contribution in [0.1, 0.15) is 22.5 Å². The van der Waals surface area contributed by atoms with Crippen LogP contribution in [-0.2, 0) is 5.41 Å². The Kier molecular flexibility index (Phi) is 7.75. The molecular weight excluding hydrogens is 769 g/mol. The van der Waals surface area contributed by atoms with Gasteiger partial charge in [-0.3, -0.25) is 0 Å². The van der Waals surface area contributed by atoms with Crippen molar-refractivity contribution >= 4 is 43.7 Å². The van der Waals surface area contributed by atoms with Gasteiger partial charge in [0.15, 0.2) is 17.5 Å². The Balaban J connectivity index is 1.09. The first-order valence-electron chi connectivity index (χ1n) is 21.4. The summed E-state index contributed by atoms with van der Waals surface area (Å²) in [6.45, 7) is 0. The Morgan fingerprint density at radius 2 is 0.984 bits per heavy atom. The number of hydrogen-bond donors (Lipinski definition) is 0. The molecule has 0 radical (unpaired) electrons. The molecule has 294 valence electrons. The van der Waals surface area contributed by atoms with Gasteiger partial charge in [0, 0.05) is 38.4 Å². The summed E-state index contributed by atoms with van der Waals surface area (Å²) in [6, 6.07) is 77.1. The third kappa shape index (κ3) is 5.27. The molecule has 1 aliphatic carbocycles. The molecule has 9 aromatic carbocycles. The Morgan fingerprint density at radius 3 is 1.79 bits per heavy atom. The van der Waals surface area contributed by atoms with Crippen molar-refractivity contribution in [2.45, 2.75) is 5.41 Å². The minimum atomic E-state index is -0.839. The Bertz CT molecular complexity index is 3710. The van der Waals surface area contributed by atoms with Crippen LogP contribution in [0.25, 0.3) is 94.5 Å². The van der Waals surface area contributed by atoms with E-state index in [9.17, 15) is 0 Å². The van der Waals surface area contributed by atoms with Gasteiger partial charge in [0.2, 0.25) is 0 Å². The summed E-state index contributed by atoms with van der Waals surface area (Å²) in [4.78, 5) is 16.7. The van der Waals surface area contributed by atoms with E-state index < -0.39 is 5.41 Å². The number of para-hydroxylation sites is 2. The minimum Gasteiger partial charge on any atom is -0.456 e. The lowest BCUT2D eigenvalue weighted by molar-refractivity contribution is 0.669. The molecule has 0 fully saturated rings. The van der Waals surface area contributed by atoms with E-state index in [-0.39, 0.29) is 0 Å². The summed E-state index contributed by atoms with van der Waals surface area (Å²) >= 11 is 0.